The fourth-order valence-electron chi connectivity index (χ4n) is 1.57. The molecule has 0 spiro atoms. The van der Waals surface area contributed by atoms with Gasteiger partial charge in [0, 0.05) is 6.54 Å². The van der Waals surface area contributed by atoms with Crippen molar-refractivity contribution in [1.82, 2.24) is 5.32 Å². The summed E-state index contributed by atoms with van der Waals surface area (Å²) in [6.07, 6.45) is 1.72. The molecule has 2 nitrogen and oxygen atoms in total. The molecule has 0 saturated carbocycles. The van der Waals surface area contributed by atoms with E-state index in [2.05, 4.69) is 31.9 Å². The molecule has 1 aliphatic rings. The summed E-state index contributed by atoms with van der Waals surface area (Å²) in [5.41, 5.74) is 0. The van der Waals surface area contributed by atoms with E-state index in [1.807, 2.05) is 0 Å². The minimum atomic E-state index is -1.33. The molecule has 72 valence electrons. The van der Waals surface area contributed by atoms with Crippen LogP contribution in [0.4, 0.5) is 0 Å². The second kappa shape index (κ2) is 3.90. The monoisotopic (exact) mass is 187 g/mol. The Morgan fingerprint density at radius 3 is 2.50 bits per heavy atom. The van der Waals surface area contributed by atoms with Crippen molar-refractivity contribution in [1.29, 1.82) is 0 Å². The molecule has 1 rings (SSSR count). The molecular weight excluding hydrogens is 166 g/mol. The van der Waals surface area contributed by atoms with Gasteiger partial charge in [0.1, 0.15) is 0 Å². The lowest BCUT2D eigenvalue weighted by Gasteiger charge is -2.34. The molecule has 1 heterocycles. The largest absolute Gasteiger partial charge is 0.413 e. The maximum atomic E-state index is 6.07. The van der Waals surface area contributed by atoms with Crippen molar-refractivity contribution in [2.24, 2.45) is 5.92 Å². The van der Waals surface area contributed by atoms with E-state index in [9.17, 15) is 0 Å². The number of hydrogen-bond acceptors (Lipinski definition) is 2. The van der Waals surface area contributed by atoms with Crippen LogP contribution in [0.15, 0.2) is 0 Å². The Labute approximate surface area is 76.8 Å². The van der Waals surface area contributed by atoms with Crippen molar-refractivity contribution < 1.29 is 4.43 Å². The first-order chi connectivity index (χ1) is 5.49. The van der Waals surface area contributed by atoms with Crippen molar-refractivity contribution in [3.8, 4) is 0 Å². The number of nitrogens with one attached hydrogen (secondary N) is 1. The van der Waals surface area contributed by atoms with E-state index in [4.69, 9.17) is 4.43 Å². The minimum Gasteiger partial charge on any atom is -0.413 e. The number of piperidine rings is 1. The normalized spacial score (nSPS) is 32.0. The molecule has 2 unspecified atom stereocenters. The predicted octanol–water partition coefficient (Wildman–Crippen LogP) is 1.84. The zero-order valence-electron chi connectivity index (χ0n) is 8.68. The third-order valence-corrected chi connectivity index (χ3v) is 3.27. The second-order valence-corrected chi connectivity index (χ2v) is 9.20. The first-order valence-electron chi connectivity index (χ1n) is 4.87. The molecule has 12 heavy (non-hydrogen) atoms. The van der Waals surface area contributed by atoms with Crippen LogP contribution in [-0.4, -0.2) is 27.5 Å². The van der Waals surface area contributed by atoms with Gasteiger partial charge in [-0.15, -0.1) is 0 Å². The molecule has 0 aliphatic carbocycles. The van der Waals surface area contributed by atoms with E-state index in [-0.39, 0.29) is 0 Å². The van der Waals surface area contributed by atoms with Crippen LogP contribution in [0, 0.1) is 5.92 Å². The summed E-state index contributed by atoms with van der Waals surface area (Å²) in [5, 5.41) is 3.39. The van der Waals surface area contributed by atoms with Gasteiger partial charge >= 0.3 is 0 Å². The van der Waals surface area contributed by atoms with E-state index in [0.29, 0.717) is 6.10 Å². The molecule has 0 aromatic carbocycles. The van der Waals surface area contributed by atoms with Gasteiger partial charge in [-0.1, -0.05) is 6.92 Å². The van der Waals surface area contributed by atoms with Gasteiger partial charge in [-0.25, -0.2) is 0 Å². The summed E-state index contributed by atoms with van der Waals surface area (Å²) < 4.78 is 6.07. The predicted molar refractivity (Wildman–Crippen MR) is 54.9 cm³/mol. The lowest BCUT2D eigenvalue weighted by molar-refractivity contribution is 0.108. The minimum absolute atomic E-state index is 0.463. The van der Waals surface area contributed by atoms with Gasteiger partial charge in [0.25, 0.3) is 0 Å². The van der Waals surface area contributed by atoms with Gasteiger partial charge in [0.15, 0.2) is 8.32 Å². The third kappa shape index (κ3) is 3.25. The van der Waals surface area contributed by atoms with Crippen LogP contribution < -0.4 is 5.32 Å². The summed E-state index contributed by atoms with van der Waals surface area (Å²) in [7, 11) is -1.33. The molecule has 0 aromatic rings. The Morgan fingerprint density at radius 2 is 2.00 bits per heavy atom. The van der Waals surface area contributed by atoms with Gasteiger partial charge in [0.05, 0.1) is 6.10 Å². The lowest BCUT2D eigenvalue weighted by atomic mass is 9.98. The molecule has 2 atom stereocenters. The molecule has 1 aliphatic heterocycles. The van der Waals surface area contributed by atoms with E-state index >= 15 is 0 Å². The fraction of sp³-hybridized carbons (Fsp3) is 1.00. The van der Waals surface area contributed by atoms with Crippen LogP contribution >= 0.6 is 0 Å². The SMILES string of the molecule is CC1CCNCC1O[Si](C)(C)C. The van der Waals surface area contributed by atoms with Crippen LogP contribution in [0.5, 0.6) is 0 Å². The molecule has 1 saturated heterocycles. The second-order valence-electron chi connectivity index (χ2n) is 4.74. The molecular formula is C9H21NOSi. The molecule has 0 bridgehead atoms. The van der Waals surface area contributed by atoms with E-state index in [1.165, 1.54) is 6.42 Å². The maximum absolute atomic E-state index is 6.07. The summed E-state index contributed by atoms with van der Waals surface area (Å²) in [6, 6.07) is 0. The van der Waals surface area contributed by atoms with Crippen LogP contribution in [0.3, 0.4) is 0 Å². The summed E-state index contributed by atoms with van der Waals surface area (Å²) in [4.78, 5) is 0. The fourth-order valence-corrected chi connectivity index (χ4v) is 2.80. The van der Waals surface area contributed by atoms with Crippen molar-refractivity contribution in [2.75, 3.05) is 13.1 Å². The van der Waals surface area contributed by atoms with Gasteiger partial charge in [-0.3, -0.25) is 0 Å². The van der Waals surface area contributed by atoms with E-state index in [0.717, 1.165) is 19.0 Å². The Hall–Kier alpha value is 0.137. The average Bonchev–Trinajstić information content (AvgIpc) is 1.91. The standard InChI is InChI=1S/C9H21NOSi/c1-8-5-6-10-7-9(8)11-12(2,3)4/h8-10H,5-7H2,1-4H3. The van der Waals surface area contributed by atoms with Gasteiger partial charge in [-0.05, 0) is 38.5 Å². The Balaban J connectivity index is 2.39. The first kappa shape index (κ1) is 10.2. The van der Waals surface area contributed by atoms with Crippen molar-refractivity contribution >= 4 is 8.32 Å². The van der Waals surface area contributed by atoms with Crippen molar-refractivity contribution in [3.63, 3.8) is 0 Å². The highest BCUT2D eigenvalue weighted by molar-refractivity contribution is 6.69. The highest BCUT2D eigenvalue weighted by Crippen LogP contribution is 2.18. The van der Waals surface area contributed by atoms with Crippen molar-refractivity contribution in [2.45, 2.75) is 39.1 Å². The van der Waals surface area contributed by atoms with Gasteiger partial charge in [0.2, 0.25) is 0 Å². The molecule has 0 radical (unpaired) electrons. The number of rotatable bonds is 2. The maximum Gasteiger partial charge on any atom is 0.184 e. The summed E-state index contributed by atoms with van der Waals surface area (Å²) >= 11 is 0. The summed E-state index contributed by atoms with van der Waals surface area (Å²) in [5.74, 6) is 0.734. The molecule has 0 aromatic heterocycles. The number of hydrogen-bond donors (Lipinski definition) is 1. The Morgan fingerprint density at radius 1 is 1.33 bits per heavy atom. The first-order valence-corrected chi connectivity index (χ1v) is 8.28. The molecule has 1 fully saturated rings. The Bertz CT molecular complexity index is 144. The van der Waals surface area contributed by atoms with Crippen molar-refractivity contribution in [3.05, 3.63) is 0 Å². The zero-order valence-corrected chi connectivity index (χ0v) is 9.68. The quantitative estimate of drug-likeness (QED) is 0.666. The highest BCUT2D eigenvalue weighted by atomic mass is 28.4. The van der Waals surface area contributed by atoms with Crippen LogP contribution in [0.25, 0.3) is 0 Å². The third-order valence-electron chi connectivity index (χ3n) is 2.26. The zero-order chi connectivity index (χ0) is 9.19. The van der Waals surface area contributed by atoms with Crippen LogP contribution in [0.1, 0.15) is 13.3 Å². The van der Waals surface area contributed by atoms with Gasteiger partial charge in [-0.2, -0.15) is 0 Å². The summed E-state index contributed by atoms with van der Waals surface area (Å²) in [6.45, 7) is 11.3. The van der Waals surface area contributed by atoms with E-state index < -0.39 is 8.32 Å². The lowest BCUT2D eigenvalue weighted by Crippen LogP contribution is -2.46. The average molecular weight is 187 g/mol. The van der Waals surface area contributed by atoms with Crippen LogP contribution in [-0.2, 0) is 4.43 Å². The topological polar surface area (TPSA) is 21.3 Å². The van der Waals surface area contributed by atoms with Gasteiger partial charge < -0.3 is 9.74 Å². The smallest absolute Gasteiger partial charge is 0.184 e. The van der Waals surface area contributed by atoms with Crippen LogP contribution in [0.2, 0.25) is 19.6 Å². The van der Waals surface area contributed by atoms with E-state index in [1.54, 1.807) is 0 Å². The highest BCUT2D eigenvalue weighted by Gasteiger charge is 2.27. The molecule has 3 heteroatoms. The molecule has 1 N–H and O–H groups in total. The Kier molecular flexibility index (Phi) is 3.32. The molecule has 0 amide bonds.